The van der Waals surface area contributed by atoms with Gasteiger partial charge in [0.15, 0.2) is 0 Å². The molecular weight excluding hydrogens is 1530 g/mol. The van der Waals surface area contributed by atoms with E-state index >= 15 is 0 Å². The maximum atomic E-state index is 13.3. The molecule has 8 aromatic rings. The van der Waals surface area contributed by atoms with Crippen molar-refractivity contribution in [3.05, 3.63) is 192 Å². The normalized spacial score (nSPS) is 18.1. The highest BCUT2D eigenvalue weighted by atomic mass is 32.2. The number of anilines is 8. The fourth-order valence-corrected chi connectivity index (χ4v) is 19.4. The van der Waals surface area contributed by atoms with Gasteiger partial charge in [0, 0.05) is 170 Å². The van der Waals surface area contributed by atoms with Gasteiger partial charge in [-0.15, -0.1) is 0 Å². The van der Waals surface area contributed by atoms with Crippen LogP contribution in [0.25, 0.3) is 0 Å². The lowest BCUT2D eigenvalue weighted by atomic mass is 10.1. The summed E-state index contributed by atoms with van der Waals surface area (Å²) in [5, 5.41) is 0. The molecule has 4 saturated heterocycles. The Morgan fingerprint density at radius 1 is 0.223 bits per heavy atom. The summed E-state index contributed by atoms with van der Waals surface area (Å²) in [6.45, 7) is 23.7. The number of benzene rings is 8. The van der Waals surface area contributed by atoms with Crippen LogP contribution in [0.5, 0.6) is 0 Å². The van der Waals surface area contributed by atoms with E-state index in [4.69, 9.17) is 0 Å². The SMILES string of the molecule is CN1CCN(CCCN2c3ccccc3Sc3ccc(C(F)(F)F)cc32)CC1.CN1CCN(CCCN2c3ccccc3Sc3ccc(C(F)(F)F)cc32)CC1.CN1CCN(CCCN2c3ccccc3Sc3ccc(C(F)(F)F)cc32)CC1.CN1CCN(CCCN2c3ccccc3Sc3ccc(C(F)(F)F)cc32)CC1. The Kier molecular flexibility index (Phi) is 27.5. The first-order valence-electron chi connectivity index (χ1n) is 38.3. The van der Waals surface area contributed by atoms with E-state index in [0.29, 0.717) is 48.9 Å². The van der Waals surface area contributed by atoms with Crippen molar-refractivity contribution in [1.82, 2.24) is 39.2 Å². The molecule has 0 unspecified atom stereocenters. The Morgan fingerprint density at radius 3 is 0.589 bits per heavy atom. The lowest BCUT2D eigenvalue weighted by molar-refractivity contribution is -0.138. The Labute approximate surface area is 667 Å². The van der Waals surface area contributed by atoms with Gasteiger partial charge in [0.2, 0.25) is 0 Å². The van der Waals surface area contributed by atoms with Crippen LogP contribution in [0.15, 0.2) is 209 Å². The Hall–Kier alpha value is -6.80. The number of fused-ring (bicyclic) bond motifs is 8. The van der Waals surface area contributed by atoms with Crippen LogP contribution >= 0.6 is 47.0 Å². The lowest BCUT2D eigenvalue weighted by Crippen LogP contribution is -2.45. The first kappa shape index (κ1) is 83.2. The molecule has 8 heterocycles. The van der Waals surface area contributed by atoms with E-state index in [2.05, 4.69) is 87.0 Å². The second-order valence-electron chi connectivity index (χ2n) is 29.6. The number of alkyl halides is 12. The molecule has 8 aromatic carbocycles. The number of piperazine rings is 4. The standard InChI is InChI=1S/4C21H24F3N3S/c4*1-25-11-13-26(14-12-25)9-4-10-27-17-5-2-3-6-19(17)28-20-8-7-16(15-18(20)27)21(22,23)24/h4*2-3,5-8,15H,4,9-14H2,1H3. The van der Waals surface area contributed by atoms with Crippen molar-refractivity contribution in [1.29, 1.82) is 0 Å². The van der Waals surface area contributed by atoms with Gasteiger partial charge in [0.05, 0.1) is 67.8 Å². The minimum Gasteiger partial charge on any atom is -0.340 e. The summed E-state index contributed by atoms with van der Waals surface area (Å²) in [6.07, 6.45) is -13.7. The number of hydrogen-bond donors (Lipinski definition) is 0. The largest absolute Gasteiger partial charge is 0.416 e. The van der Waals surface area contributed by atoms with E-state index < -0.39 is 47.0 Å². The molecule has 0 amide bonds. The second kappa shape index (κ2) is 37.0. The number of nitrogens with zero attached hydrogens (tertiary/aromatic N) is 12. The topological polar surface area (TPSA) is 38.9 Å². The highest BCUT2D eigenvalue weighted by Gasteiger charge is 2.38. The summed E-state index contributed by atoms with van der Waals surface area (Å²) in [5.74, 6) is 0. The molecule has 0 aliphatic carbocycles. The zero-order valence-electron chi connectivity index (χ0n) is 63.5. The van der Waals surface area contributed by atoms with Crippen LogP contribution in [-0.4, -0.2) is 224 Å². The average Bonchev–Trinajstić information content (AvgIpc) is 0.782. The zero-order chi connectivity index (χ0) is 78.9. The van der Waals surface area contributed by atoms with Crippen LogP contribution in [0.3, 0.4) is 0 Å². The average molecular weight is 1630 g/mol. The summed E-state index contributed by atoms with van der Waals surface area (Å²) < 4.78 is 159. The highest BCUT2D eigenvalue weighted by Crippen LogP contribution is 2.54. The van der Waals surface area contributed by atoms with Gasteiger partial charge >= 0.3 is 24.7 Å². The van der Waals surface area contributed by atoms with Crippen LogP contribution in [0.4, 0.5) is 98.2 Å². The van der Waals surface area contributed by atoms with Gasteiger partial charge in [-0.1, -0.05) is 95.6 Å². The summed E-state index contributed by atoms with van der Waals surface area (Å²) in [7, 11) is 8.54. The van der Waals surface area contributed by atoms with Crippen LogP contribution < -0.4 is 19.6 Å². The monoisotopic (exact) mass is 1630 g/mol. The fourth-order valence-electron chi connectivity index (χ4n) is 15.1. The summed E-state index contributed by atoms with van der Waals surface area (Å²) in [4.78, 5) is 35.2. The number of hydrogen-bond acceptors (Lipinski definition) is 16. The molecule has 112 heavy (non-hydrogen) atoms. The second-order valence-corrected chi connectivity index (χ2v) is 33.9. The van der Waals surface area contributed by atoms with E-state index in [9.17, 15) is 52.7 Å². The molecule has 0 atom stereocenters. The minimum absolute atomic E-state index is 0.588. The summed E-state index contributed by atoms with van der Waals surface area (Å²) in [6, 6.07) is 48.2. The molecule has 16 rings (SSSR count). The van der Waals surface area contributed by atoms with Crippen molar-refractivity contribution in [2.75, 3.05) is 205 Å². The molecule has 0 aromatic heterocycles. The number of para-hydroxylation sites is 4. The fraction of sp³-hybridized carbons (Fsp3) is 0.429. The molecule has 0 N–H and O–H groups in total. The van der Waals surface area contributed by atoms with Crippen molar-refractivity contribution in [3.8, 4) is 0 Å². The molecule has 0 saturated carbocycles. The molecule has 0 radical (unpaired) electrons. The molecule has 600 valence electrons. The first-order chi connectivity index (χ1) is 53.7. The van der Waals surface area contributed by atoms with E-state index in [-0.39, 0.29) is 0 Å². The van der Waals surface area contributed by atoms with Gasteiger partial charge in [0.25, 0.3) is 0 Å². The smallest absolute Gasteiger partial charge is 0.340 e. The number of halogens is 12. The van der Waals surface area contributed by atoms with Gasteiger partial charge in [-0.25, -0.2) is 0 Å². The van der Waals surface area contributed by atoms with Gasteiger partial charge in [0.1, 0.15) is 0 Å². The van der Waals surface area contributed by atoms with Crippen molar-refractivity contribution in [2.24, 2.45) is 0 Å². The minimum atomic E-state index is -4.33. The molecule has 0 bridgehead atoms. The predicted molar refractivity (Wildman–Crippen MR) is 430 cm³/mol. The van der Waals surface area contributed by atoms with E-state index in [1.807, 2.05) is 97.1 Å². The van der Waals surface area contributed by atoms with Crippen LogP contribution in [0.1, 0.15) is 47.9 Å². The third kappa shape index (κ3) is 21.3. The zero-order valence-corrected chi connectivity index (χ0v) is 66.8. The van der Waals surface area contributed by atoms with Gasteiger partial charge < -0.3 is 58.8 Å². The molecule has 0 spiro atoms. The van der Waals surface area contributed by atoms with Crippen molar-refractivity contribution in [2.45, 2.75) is 89.6 Å². The molecule has 12 nitrogen and oxygen atoms in total. The Balaban J connectivity index is 0.000000131. The van der Waals surface area contributed by atoms with Crippen LogP contribution in [-0.2, 0) is 24.7 Å². The summed E-state index contributed by atoms with van der Waals surface area (Å²) >= 11 is 6.17. The third-order valence-electron chi connectivity index (χ3n) is 21.6. The summed E-state index contributed by atoms with van der Waals surface area (Å²) in [5.41, 5.74) is 4.30. The number of rotatable bonds is 16. The predicted octanol–water partition coefficient (Wildman–Crippen LogP) is 19.8. The third-order valence-corrected chi connectivity index (χ3v) is 26.1. The van der Waals surface area contributed by atoms with Gasteiger partial charge in [-0.05, 0) is 201 Å². The van der Waals surface area contributed by atoms with E-state index in [0.717, 1.165) is 218 Å². The van der Waals surface area contributed by atoms with Gasteiger partial charge in [-0.3, -0.25) is 0 Å². The van der Waals surface area contributed by atoms with E-state index in [1.54, 1.807) is 71.3 Å². The Bertz CT molecular complexity index is 3880. The van der Waals surface area contributed by atoms with Crippen LogP contribution in [0.2, 0.25) is 0 Å². The quantitative estimate of drug-likeness (QED) is 0.0862. The van der Waals surface area contributed by atoms with E-state index in [1.165, 1.54) is 48.5 Å². The van der Waals surface area contributed by atoms with Crippen molar-refractivity contribution >= 4 is 92.5 Å². The van der Waals surface area contributed by atoms with Crippen molar-refractivity contribution in [3.63, 3.8) is 0 Å². The molecule has 4 fully saturated rings. The number of likely N-dealkylation sites (N-methyl/N-ethyl adjacent to an activating group) is 4. The Morgan fingerprint density at radius 2 is 0.402 bits per heavy atom. The molecular formula is C84H96F12N12S4. The maximum Gasteiger partial charge on any atom is 0.416 e. The first-order valence-corrected chi connectivity index (χ1v) is 41.6. The van der Waals surface area contributed by atoms with Crippen LogP contribution in [0, 0.1) is 0 Å². The lowest BCUT2D eigenvalue weighted by Gasteiger charge is -2.35. The van der Waals surface area contributed by atoms with Crippen molar-refractivity contribution < 1.29 is 52.7 Å². The molecule has 8 aliphatic rings. The highest BCUT2D eigenvalue weighted by molar-refractivity contribution is 8.00. The molecule has 28 heteroatoms. The van der Waals surface area contributed by atoms with Gasteiger partial charge in [-0.2, -0.15) is 52.7 Å². The maximum absolute atomic E-state index is 13.3. The molecule has 8 aliphatic heterocycles.